The summed E-state index contributed by atoms with van der Waals surface area (Å²) >= 11 is 6.60. The van der Waals surface area contributed by atoms with E-state index in [1.54, 1.807) is 6.07 Å². The zero-order valence-electron chi connectivity index (χ0n) is 10.3. The van der Waals surface area contributed by atoms with E-state index in [0.29, 0.717) is 15.8 Å². The van der Waals surface area contributed by atoms with Gasteiger partial charge >= 0.3 is 0 Å². The topological polar surface area (TPSA) is 38.0 Å². The van der Waals surface area contributed by atoms with Gasteiger partial charge in [-0.3, -0.25) is 0 Å². The highest BCUT2D eigenvalue weighted by Crippen LogP contribution is 2.30. The standard InChI is InChI=1S/C14H13Br2FN2/c1-8(9-3-2-4-10(15)5-9)19-14-6-11(16)12(17)7-13(14)18/h2-8,19H,18H2,1H3. The molecule has 0 amide bonds. The Morgan fingerprint density at radius 2 is 1.95 bits per heavy atom. The molecule has 1 unspecified atom stereocenters. The highest BCUT2D eigenvalue weighted by molar-refractivity contribution is 9.10. The van der Waals surface area contributed by atoms with Crippen LogP contribution in [0.1, 0.15) is 18.5 Å². The van der Waals surface area contributed by atoms with Crippen molar-refractivity contribution in [1.29, 1.82) is 0 Å². The highest BCUT2D eigenvalue weighted by Gasteiger charge is 2.10. The van der Waals surface area contributed by atoms with Crippen molar-refractivity contribution in [3.05, 3.63) is 56.7 Å². The van der Waals surface area contributed by atoms with Gasteiger partial charge in [-0.15, -0.1) is 0 Å². The molecule has 0 bridgehead atoms. The minimum atomic E-state index is -0.363. The molecule has 3 N–H and O–H groups in total. The summed E-state index contributed by atoms with van der Waals surface area (Å²) in [5.41, 5.74) is 8.03. The number of nitrogens with two attached hydrogens (primary N) is 1. The maximum atomic E-state index is 13.3. The maximum Gasteiger partial charge on any atom is 0.139 e. The van der Waals surface area contributed by atoms with Crippen LogP contribution in [0.15, 0.2) is 45.3 Å². The van der Waals surface area contributed by atoms with E-state index in [9.17, 15) is 4.39 Å². The molecule has 5 heteroatoms. The van der Waals surface area contributed by atoms with Crippen molar-refractivity contribution in [2.24, 2.45) is 0 Å². The van der Waals surface area contributed by atoms with E-state index in [-0.39, 0.29) is 11.9 Å². The molecule has 0 spiro atoms. The molecule has 2 aromatic rings. The van der Waals surface area contributed by atoms with E-state index < -0.39 is 0 Å². The molecule has 0 aliphatic rings. The summed E-state index contributed by atoms with van der Waals surface area (Å²) < 4.78 is 14.7. The van der Waals surface area contributed by atoms with Crippen molar-refractivity contribution in [3.8, 4) is 0 Å². The van der Waals surface area contributed by atoms with Gasteiger partial charge < -0.3 is 11.1 Å². The quantitative estimate of drug-likeness (QED) is 0.718. The predicted molar refractivity (Wildman–Crippen MR) is 84.7 cm³/mol. The zero-order valence-corrected chi connectivity index (χ0v) is 13.4. The third-order valence-electron chi connectivity index (χ3n) is 2.81. The maximum absolute atomic E-state index is 13.3. The van der Waals surface area contributed by atoms with E-state index in [0.717, 1.165) is 10.0 Å². The molecule has 100 valence electrons. The smallest absolute Gasteiger partial charge is 0.139 e. The molecule has 0 aromatic heterocycles. The fourth-order valence-electron chi connectivity index (χ4n) is 1.78. The van der Waals surface area contributed by atoms with Crippen LogP contribution in [0.2, 0.25) is 0 Å². The molecular weight excluding hydrogens is 375 g/mol. The summed E-state index contributed by atoms with van der Waals surface area (Å²) in [6, 6.07) is 11.0. The summed E-state index contributed by atoms with van der Waals surface area (Å²) in [5.74, 6) is -0.363. The van der Waals surface area contributed by atoms with Gasteiger partial charge in [-0.1, -0.05) is 28.1 Å². The third-order valence-corrected chi connectivity index (χ3v) is 3.91. The lowest BCUT2D eigenvalue weighted by atomic mass is 10.1. The average molecular weight is 388 g/mol. The first-order chi connectivity index (χ1) is 8.97. The van der Waals surface area contributed by atoms with Gasteiger partial charge in [0.1, 0.15) is 5.82 Å². The molecular formula is C14H13Br2FN2. The fourth-order valence-corrected chi connectivity index (χ4v) is 2.54. The summed E-state index contributed by atoms with van der Waals surface area (Å²) in [5, 5.41) is 3.28. The predicted octanol–water partition coefficient (Wildman–Crippen LogP) is 5.11. The van der Waals surface area contributed by atoms with E-state index >= 15 is 0 Å². The van der Waals surface area contributed by atoms with E-state index in [2.05, 4.69) is 37.2 Å². The molecule has 0 saturated carbocycles. The molecule has 0 fully saturated rings. The van der Waals surface area contributed by atoms with Gasteiger partial charge in [-0.05, 0) is 46.6 Å². The largest absolute Gasteiger partial charge is 0.397 e. The van der Waals surface area contributed by atoms with Gasteiger partial charge in [0, 0.05) is 16.6 Å². The van der Waals surface area contributed by atoms with Crippen LogP contribution in [-0.4, -0.2) is 0 Å². The zero-order chi connectivity index (χ0) is 14.0. The Labute approximate surface area is 128 Å². The van der Waals surface area contributed by atoms with Crippen LogP contribution in [-0.2, 0) is 0 Å². The average Bonchev–Trinajstić information content (AvgIpc) is 2.36. The number of rotatable bonds is 3. The Hall–Kier alpha value is -1.07. The minimum Gasteiger partial charge on any atom is -0.397 e. The van der Waals surface area contributed by atoms with Crippen LogP contribution >= 0.6 is 31.9 Å². The Bertz CT molecular complexity index is 602. The lowest BCUT2D eigenvalue weighted by Crippen LogP contribution is -2.08. The Morgan fingerprint density at radius 3 is 2.63 bits per heavy atom. The van der Waals surface area contributed by atoms with Crippen molar-refractivity contribution < 1.29 is 4.39 Å². The van der Waals surface area contributed by atoms with Crippen molar-refractivity contribution in [2.45, 2.75) is 13.0 Å². The summed E-state index contributed by atoms with van der Waals surface area (Å²) in [4.78, 5) is 0. The first-order valence-electron chi connectivity index (χ1n) is 5.74. The molecule has 19 heavy (non-hydrogen) atoms. The van der Waals surface area contributed by atoms with Crippen molar-refractivity contribution in [3.63, 3.8) is 0 Å². The number of hydrogen-bond donors (Lipinski definition) is 2. The van der Waals surface area contributed by atoms with Crippen LogP contribution < -0.4 is 11.1 Å². The second-order valence-electron chi connectivity index (χ2n) is 4.27. The first kappa shape index (κ1) is 14.3. The molecule has 1 atom stereocenters. The molecule has 2 aromatic carbocycles. The molecule has 0 radical (unpaired) electrons. The van der Waals surface area contributed by atoms with Crippen molar-refractivity contribution in [1.82, 2.24) is 0 Å². The Kier molecular flexibility index (Phi) is 4.47. The molecule has 2 rings (SSSR count). The molecule has 0 aliphatic carbocycles. The van der Waals surface area contributed by atoms with Crippen LogP contribution in [0.25, 0.3) is 0 Å². The van der Waals surface area contributed by atoms with Gasteiger partial charge in [-0.25, -0.2) is 4.39 Å². The normalized spacial score (nSPS) is 12.2. The van der Waals surface area contributed by atoms with Crippen LogP contribution in [0.3, 0.4) is 0 Å². The SMILES string of the molecule is CC(Nc1cc(Br)c(F)cc1N)c1cccc(Br)c1. The molecule has 2 nitrogen and oxygen atoms in total. The van der Waals surface area contributed by atoms with Crippen LogP contribution in [0.4, 0.5) is 15.8 Å². The lowest BCUT2D eigenvalue weighted by Gasteiger charge is -2.18. The fraction of sp³-hybridized carbons (Fsp3) is 0.143. The Balaban J connectivity index is 2.24. The van der Waals surface area contributed by atoms with Crippen molar-refractivity contribution >= 4 is 43.2 Å². The van der Waals surface area contributed by atoms with E-state index in [4.69, 9.17) is 5.73 Å². The number of nitrogens with one attached hydrogen (secondary N) is 1. The number of hydrogen-bond acceptors (Lipinski definition) is 2. The molecule has 0 heterocycles. The molecule has 0 saturated heterocycles. The van der Waals surface area contributed by atoms with Gasteiger partial charge in [0.2, 0.25) is 0 Å². The number of anilines is 2. The van der Waals surface area contributed by atoms with Crippen LogP contribution in [0, 0.1) is 5.82 Å². The summed E-state index contributed by atoms with van der Waals surface area (Å²) in [6.45, 7) is 2.03. The monoisotopic (exact) mass is 386 g/mol. The minimum absolute atomic E-state index is 0.0668. The van der Waals surface area contributed by atoms with Gasteiger partial charge in [0.15, 0.2) is 0 Å². The van der Waals surface area contributed by atoms with Gasteiger partial charge in [0.05, 0.1) is 15.8 Å². The van der Waals surface area contributed by atoms with E-state index in [1.807, 2.05) is 31.2 Å². The lowest BCUT2D eigenvalue weighted by molar-refractivity contribution is 0.622. The highest BCUT2D eigenvalue weighted by atomic mass is 79.9. The number of benzene rings is 2. The van der Waals surface area contributed by atoms with E-state index in [1.165, 1.54) is 6.07 Å². The first-order valence-corrected chi connectivity index (χ1v) is 7.32. The number of nitrogen functional groups attached to an aromatic ring is 1. The summed E-state index contributed by atoms with van der Waals surface area (Å²) in [7, 11) is 0. The number of halogens is 3. The Morgan fingerprint density at radius 1 is 1.21 bits per heavy atom. The van der Waals surface area contributed by atoms with Gasteiger partial charge in [0.25, 0.3) is 0 Å². The second-order valence-corrected chi connectivity index (χ2v) is 6.04. The van der Waals surface area contributed by atoms with Crippen LogP contribution in [0.5, 0.6) is 0 Å². The van der Waals surface area contributed by atoms with Crippen molar-refractivity contribution in [2.75, 3.05) is 11.1 Å². The third kappa shape index (κ3) is 3.48. The summed E-state index contributed by atoms with van der Waals surface area (Å²) in [6.07, 6.45) is 0. The molecule has 0 aliphatic heterocycles. The second kappa shape index (κ2) is 5.92. The van der Waals surface area contributed by atoms with Gasteiger partial charge in [-0.2, -0.15) is 0 Å².